The van der Waals surface area contributed by atoms with Crippen molar-refractivity contribution in [2.24, 2.45) is 0 Å². The molecule has 0 radical (unpaired) electrons. The Morgan fingerprint density at radius 1 is 1.20 bits per heavy atom. The van der Waals surface area contributed by atoms with E-state index in [1.807, 2.05) is 0 Å². The van der Waals surface area contributed by atoms with Gasteiger partial charge < -0.3 is 0 Å². The average molecular weight is 444 g/mol. The van der Waals surface area contributed by atoms with Crippen molar-refractivity contribution in [2.45, 2.75) is 0 Å². The van der Waals surface area contributed by atoms with E-state index in [4.69, 9.17) is 4.86 Å². The van der Waals surface area contributed by atoms with Crippen molar-refractivity contribution in [3.63, 3.8) is 0 Å². The molecule has 0 saturated carbocycles. The number of hydrogen-bond acceptors (Lipinski definition) is 2. The molecule has 0 aromatic rings. The maximum Gasteiger partial charge on any atom is 0 e. The van der Waals surface area contributed by atoms with Gasteiger partial charge in [0.15, 0.2) is 0 Å². The largest absolute Gasteiger partial charge is 0 e. The van der Waals surface area contributed by atoms with Crippen LogP contribution in [0, 0.1) is 39.9 Å². The summed E-state index contributed by atoms with van der Waals surface area (Å²) in [6.07, 6.45) is 0. The Morgan fingerprint density at radius 3 is 1.20 bits per heavy atom. The van der Waals surface area contributed by atoms with Crippen LogP contribution in [-0.4, -0.2) is 0 Å². The van der Waals surface area contributed by atoms with Gasteiger partial charge in [0.2, 0.25) is 0 Å². The van der Waals surface area contributed by atoms with Crippen LogP contribution in [-0.2, 0) is 60.6 Å². The molecule has 0 heterocycles. The molecule has 0 unspecified atom stereocenters. The first-order valence-corrected chi connectivity index (χ1v) is 2.60. The molecule has 23 valence electrons. The van der Waals surface area contributed by atoms with Crippen LogP contribution < -0.4 is 0 Å². The van der Waals surface area contributed by atoms with Gasteiger partial charge in [-0.1, -0.05) is 0 Å². The second kappa shape index (κ2) is 28.5. The molecule has 0 bridgehead atoms. The predicted molar refractivity (Wildman–Crippen MR) is 1.37 cm³/mol. The first kappa shape index (κ1) is 15.7. The Bertz CT molecular complexity index is 11.6. The third-order valence-electron chi connectivity index (χ3n) is 0. The monoisotopic (exact) mass is 443 g/mol. The molecular formula is O2ThYZr. The summed E-state index contributed by atoms with van der Waals surface area (Å²) >= 11 is 0.400. The minimum Gasteiger partial charge on any atom is 0 e. The van der Waals surface area contributed by atoms with Gasteiger partial charge in [-0.2, -0.15) is 0 Å². The average Bonchev–Trinajstić information content (AvgIpc) is 1.50. The van der Waals surface area contributed by atoms with Crippen LogP contribution in [0.3, 0.4) is 0 Å². The topological polar surface area (TPSA) is 34.1 Å². The first-order valence-electron chi connectivity index (χ1n) is 0.440. The molecule has 0 fully saturated rings. The molecule has 5 heteroatoms. The van der Waals surface area contributed by atoms with Crippen LogP contribution in [0.4, 0.5) is 0 Å². The van der Waals surface area contributed by atoms with Crippen LogP contribution in [0.25, 0.3) is 0 Å². The molecule has 0 aliphatic heterocycles. The van der Waals surface area contributed by atoms with E-state index in [-0.39, 0.29) is 71.0 Å². The molecule has 0 amide bonds. The molecule has 0 aliphatic rings. The van der Waals surface area contributed by atoms with E-state index in [2.05, 4.69) is 0 Å². The Kier molecular flexibility index (Phi) is 89.3. The molecule has 0 N–H and O–H groups in total. The van der Waals surface area contributed by atoms with Crippen molar-refractivity contribution in [2.75, 3.05) is 0 Å². The summed E-state index contributed by atoms with van der Waals surface area (Å²) in [5, 5.41) is 0. The van der Waals surface area contributed by atoms with E-state index in [0.717, 1.165) is 0 Å². The number of hydrogen-bond donors (Lipinski definition) is 0. The van der Waals surface area contributed by atoms with Crippen molar-refractivity contribution in [3.8, 4) is 0 Å². The Morgan fingerprint density at radius 2 is 1.20 bits per heavy atom. The maximum absolute atomic E-state index is 8.38. The predicted octanol–water partition coefficient (Wildman–Crippen LogP) is -0.243. The van der Waals surface area contributed by atoms with Crippen LogP contribution in [0.2, 0.25) is 0 Å². The van der Waals surface area contributed by atoms with Gasteiger partial charge in [-0.15, -0.1) is 0 Å². The summed E-state index contributed by atoms with van der Waals surface area (Å²) in [5.74, 6) is 0. The van der Waals surface area contributed by atoms with E-state index in [0.29, 0.717) is 24.7 Å². The second-order valence-electron chi connectivity index (χ2n) is 0. The fraction of sp³-hybridized carbons (Fsp3) is 0. The van der Waals surface area contributed by atoms with Crippen molar-refractivity contribution < 1.29 is 101 Å². The standard InChI is InChI=1S/2O.Th.Y.Zr. The summed E-state index contributed by atoms with van der Waals surface area (Å²) in [4.78, 5) is 0. The van der Waals surface area contributed by atoms with E-state index >= 15 is 0 Å². The summed E-state index contributed by atoms with van der Waals surface area (Å²) < 4.78 is 16.7. The van der Waals surface area contributed by atoms with Crippen molar-refractivity contribution in [1.29, 1.82) is 0 Å². The maximum atomic E-state index is 8.38. The van der Waals surface area contributed by atoms with Gasteiger partial charge in [0.25, 0.3) is 0 Å². The minimum atomic E-state index is 0. The van der Waals surface area contributed by atoms with E-state index < -0.39 is 0 Å². The fourth-order valence-electron chi connectivity index (χ4n) is 0. The van der Waals surface area contributed by atoms with Crippen LogP contribution in [0.15, 0.2) is 0 Å². The van der Waals surface area contributed by atoms with Gasteiger partial charge in [-0.3, -0.25) is 0 Å². The third kappa shape index (κ3) is 19.7. The van der Waals surface area contributed by atoms with Gasteiger partial charge in [-0.05, 0) is 0 Å². The Balaban J connectivity index is -0.0000000133. The molecule has 0 aliphatic carbocycles. The minimum absolute atomic E-state index is 0. The second-order valence-corrected chi connectivity index (χ2v) is 0. The zero-order valence-corrected chi connectivity index (χ0v) is 11.8. The Labute approximate surface area is 97.9 Å². The molecule has 0 rings (SSSR count). The molecule has 2 nitrogen and oxygen atoms in total. The summed E-state index contributed by atoms with van der Waals surface area (Å²) in [6.45, 7) is 0. The molecule has 5 heavy (non-hydrogen) atoms. The smallest absolute Gasteiger partial charge is 0 e. The van der Waals surface area contributed by atoms with Crippen molar-refractivity contribution >= 4 is 0 Å². The van der Waals surface area contributed by atoms with Crippen molar-refractivity contribution in [3.05, 3.63) is 0 Å². The van der Waals surface area contributed by atoms with Gasteiger partial charge >= 0.3 is 60.6 Å². The molecule has 0 saturated heterocycles. The Hall–Kier alpha value is 2.91. The quantitative estimate of drug-likeness (QED) is 0.517. The SMILES string of the molecule is [O]=[Y].[O]=[Zr].[Th]. The molecule has 0 atom stereocenters. The van der Waals surface area contributed by atoms with E-state index in [1.165, 1.54) is 0 Å². The van der Waals surface area contributed by atoms with E-state index in [9.17, 15) is 0 Å². The zero-order valence-electron chi connectivity index (χ0n) is 2.39. The summed E-state index contributed by atoms with van der Waals surface area (Å²) in [5.41, 5.74) is 0. The number of rotatable bonds is 0. The third-order valence-corrected chi connectivity index (χ3v) is 0. The fourth-order valence-corrected chi connectivity index (χ4v) is 0. The molecule has 0 spiro atoms. The van der Waals surface area contributed by atoms with Gasteiger partial charge in [0.1, 0.15) is 0 Å². The van der Waals surface area contributed by atoms with Gasteiger partial charge in [0.05, 0.1) is 0 Å². The van der Waals surface area contributed by atoms with Crippen LogP contribution in [0.5, 0.6) is 0 Å². The van der Waals surface area contributed by atoms with Gasteiger partial charge in [-0.25, -0.2) is 0 Å². The van der Waals surface area contributed by atoms with Crippen LogP contribution in [0.1, 0.15) is 0 Å². The molecular weight excluding hydrogens is 444 g/mol. The van der Waals surface area contributed by atoms with E-state index in [1.54, 1.807) is 0 Å². The summed E-state index contributed by atoms with van der Waals surface area (Å²) in [6, 6.07) is 0. The van der Waals surface area contributed by atoms with Gasteiger partial charge in [0, 0.05) is 39.9 Å². The van der Waals surface area contributed by atoms with Crippen molar-refractivity contribution in [1.82, 2.24) is 0 Å². The molecule has 0 aromatic heterocycles. The zero-order chi connectivity index (χ0) is 4.00. The van der Waals surface area contributed by atoms with Crippen LogP contribution >= 0.6 is 0 Å². The summed E-state index contributed by atoms with van der Waals surface area (Å²) in [7, 11) is 0. The molecule has 0 aromatic carbocycles. The first-order chi connectivity index (χ1) is 2.00. The normalized spacial score (nSPS) is 1.80.